The van der Waals surface area contributed by atoms with Gasteiger partial charge in [-0.05, 0) is 32.9 Å². The number of carbonyl (C=O) groups is 1. The number of amides is 1. The molecule has 5 nitrogen and oxygen atoms in total. The molecule has 0 radical (unpaired) electrons. The third kappa shape index (κ3) is 3.00. The lowest BCUT2D eigenvalue weighted by atomic mass is 10.0. The fourth-order valence-electron chi connectivity index (χ4n) is 2.13. The lowest BCUT2D eigenvalue weighted by molar-refractivity contribution is -0.125. The normalized spacial score (nSPS) is 23.6. The Hall–Kier alpha value is -1.49. The molecule has 0 spiro atoms. The van der Waals surface area contributed by atoms with Crippen LogP contribution >= 0.6 is 0 Å². The van der Waals surface area contributed by atoms with Crippen LogP contribution in [-0.2, 0) is 11.3 Å². The molecule has 1 fully saturated rings. The smallest absolute Gasteiger partial charge is 0.225 e. The summed E-state index contributed by atoms with van der Waals surface area (Å²) >= 11 is 0. The van der Waals surface area contributed by atoms with E-state index < -0.39 is 0 Å². The first kappa shape index (κ1) is 12.0. The molecule has 1 aromatic heterocycles. The van der Waals surface area contributed by atoms with Crippen LogP contribution in [0.25, 0.3) is 0 Å². The number of nitrogens with one attached hydrogen (secondary N) is 2. The second-order valence-electron chi connectivity index (χ2n) is 4.45. The minimum atomic E-state index is 0.0814. The molecule has 5 heteroatoms. The Kier molecular flexibility index (Phi) is 3.68. The fourth-order valence-corrected chi connectivity index (χ4v) is 2.13. The summed E-state index contributed by atoms with van der Waals surface area (Å²) in [5.74, 6) is 0.921. The molecule has 2 unspecified atom stereocenters. The molecule has 0 aromatic carbocycles. The molecule has 0 saturated carbocycles. The van der Waals surface area contributed by atoms with E-state index in [-0.39, 0.29) is 17.9 Å². The topological polar surface area (TPSA) is 66.9 Å². The van der Waals surface area contributed by atoms with E-state index in [9.17, 15) is 4.79 Å². The summed E-state index contributed by atoms with van der Waals surface area (Å²) in [6, 6.07) is 2.09. The van der Waals surface area contributed by atoms with E-state index in [1.807, 2.05) is 19.9 Å². The summed E-state index contributed by atoms with van der Waals surface area (Å²) < 4.78 is 0. The van der Waals surface area contributed by atoms with Crippen LogP contribution in [0.3, 0.4) is 0 Å². The molecular formula is C12H18N4O. The van der Waals surface area contributed by atoms with Crippen molar-refractivity contribution in [3.05, 3.63) is 23.8 Å². The van der Waals surface area contributed by atoms with Crippen molar-refractivity contribution in [1.82, 2.24) is 20.6 Å². The van der Waals surface area contributed by atoms with Gasteiger partial charge in [-0.1, -0.05) is 0 Å². The van der Waals surface area contributed by atoms with Crippen LogP contribution < -0.4 is 10.6 Å². The Balaban J connectivity index is 1.88. The number of aryl methyl sites for hydroxylation is 1. The van der Waals surface area contributed by atoms with Gasteiger partial charge in [0.25, 0.3) is 0 Å². The molecule has 1 aliphatic rings. The van der Waals surface area contributed by atoms with Gasteiger partial charge in [0.1, 0.15) is 5.82 Å². The van der Waals surface area contributed by atoms with Gasteiger partial charge in [0.15, 0.2) is 0 Å². The molecule has 17 heavy (non-hydrogen) atoms. The van der Waals surface area contributed by atoms with Crippen molar-refractivity contribution in [2.24, 2.45) is 5.92 Å². The van der Waals surface area contributed by atoms with Crippen LogP contribution in [0.4, 0.5) is 0 Å². The largest absolute Gasteiger partial charge is 0.350 e. The Bertz CT molecular complexity index is 407. The zero-order valence-corrected chi connectivity index (χ0v) is 10.2. The highest BCUT2D eigenvalue weighted by Crippen LogP contribution is 2.14. The van der Waals surface area contributed by atoms with Crippen molar-refractivity contribution < 1.29 is 4.79 Å². The average Bonchev–Trinajstić information content (AvgIpc) is 2.72. The Labute approximate surface area is 101 Å². The summed E-state index contributed by atoms with van der Waals surface area (Å²) in [5.41, 5.74) is 0.851. The van der Waals surface area contributed by atoms with E-state index in [0.717, 1.165) is 24.5 Å². The second kappa shape index (κ2) is 5.23. The van der Waals surface area contributed by atoms with Crippen molar-refractivity contribution in [3.8, 4) is 0 Å². The quantitative estimate of drug-likeness (QED) is 0.794. The lowest BCUT2D eigenvalue weighted by Crippen LogP contribution is -2.36. The maximum absolute atomic E-state index is 11.9. The minimum Gasteiger partial charge on any atom is -0.350 e. The van der Waals surface area contributed by atoms with Crippen LogP contribution in [0.15, 0.2) is 12.3 Å². The predicted molar refractivity (Wildman–Crippen MR) is 64.2 cm³/mol. The molecule has 2 rings (SSSR count). The number of hydrogen-bond donors (Lipinski definition) is 2. The number of aromatic nitrogens is 2. The van der Waals surface area contributed by atoms with E-state index in [0.29, 0.717) is 6.54 Å². The highest BCUT2D eigenvalue weighted by Gasteiger charge is 2.28. The molecule has 2 atom stereocenters. The zero-order chi connectivity index (χ0) is 12.3. The first-order valence-electron chi connectivity index (χ1n) is 5.96. The fraction of sp³-hybridized carbons (Fsp3) is 0.583. The Morgan fingerprint density at radius 2 is 2.47 bits per heavy atom. The SMILES string of the molecule is Cc1nccc(CNC(=O)C2CCNC2C)n1. The molecule has 0 aliphatic carbocycles. The van der Waals surface area contributed by atoms with Gasteiger partial charge in [0.2, 0.25) is 5.91 Å². The van der Waals surface area contributed by atoms with Crippen molar-refractivity contribution in [3.63, 3.8) is 0 Å². The third-order valence-corrected chi connectivity index (χ3v) is 3.14. The van der Waals surface area contributed by atoms with E-state index >= 15 is 0 Å². The van der Waals surface area contributed by atoms with Crippen molar-refractivity contribution in [1.29, 1.82) is 0 Å². The number of hydrogen-bond acceptors (Lipinski definition) is 4. The number of carbonyl (C=O) groups excluding carboxylic acids is 1. The Morgan fingerprint density at radius 3 is 3.12 bits per heavy atom. The van der Waals surface area contributed by atoms with Crippen LogP contribution in [0, 0.1) is 12.8 Å². The molecule has 1 amide bonds. The molecular weight excluding hydrogens is 216 g/mol. The summed E-state index contributed by atoms with van der Waals surface area (Å²) in [6.45, 7) is 5.29. The van der Waals surface area contributed by atoms with Crippen molar-refractivity contribution >= 4 is 5.91 Å². The number of rotatable bonds is 3. The summed E-state index contributed by atoms with van der Waals surface area (Å²) in [6.07, 6.45) is 2.62. The van der Waals surface area contributed by atoms with Crippen LogP contribution in [0.1, 0.15) is 24.9 Å². The molecule has 2 heterocycles. The standard InChI is InChI=1S/C12H18N4O/c1-8-11(4-6-13-8)12(17)15-7-10-3-5-14-9(2)16-10/h3,5,8,11,13H,4,6-7H2,1-2H3,(H,15,17). The molecule has 1 aromatic rings. The van der Waals surface area contributed by atoms with Gasteiger partial charge in [0.05, 0.1) is 18.2 Å². The average molecular weight is 234 g/mol. The third-order valence-electron chi connectivity index (χ3n) is 3.14. The van der Waals surface area contributed by atoms with Gasteiger partial charge in [-0.2, -0.15) is 0 Å². The van der Waals surface area contributed by atoms with Crippen molar-refractivity contribution in [2.75, 3.05) is 6.54 Å². The monoisotopic (exact) mass is 234 g/mol. The first-order chi connectivity index (χ1) is 8.16. The van der Waals surface area contributed by atoms with Crippen LogP contribution in [0.2, 0.25) is 0 Å². The highest BCUT2D eigenvalue weighted by atomic mass is 16.1. The molecule has 1 saturated heterocycles. The van der Waals surface area contributed by atoms with Crippen LogP contribution in [-0.4, -0.2) is 28.5 Å². The van der Waals surface area contributed by atoms with Gasteiger partial charge in [-0.25, -0.2) is 9.97 Å². The maximum Gasteiger partial charge on any atom is 0.225 e. The summed E-state index contributed by atoms with van der Waals surface area (Å²) in [7, 11) is 0. The first-order valence-corrected chi connectivity index (χ1v) is 5.96. The molecule has 1 aliphatic heterocycles. The van der Waals surface area contributed by atoms with Crippen LogP contribution in [0.5, 0.6) is 0 Å². The van der Waals surface area contributed by atoms with E-state index in [1.54, 1.807) is 6.20 Å². The number of nitrogens with zero attached hydrogens (tertiary/aromatic N) is 2. The van der Waals surface area contributed by atoms with Gasteiger partial charge >= 0.3 is 0 Å². The van der Waals surface area contributed by atoms with Gasteiger partial charge < -0.3 is 10.6 Å². The molecule has 2 N–H and O–H groups in total. The molecule has 92 valence electrons. The van der Waals surface area contributed by atoms with E-state index in [2.05, 4.69) is 20.6 Å². The zero-order valence-electron chi connectivity index (χ0n) is 10.2. The van der Waals surface area contributed by atoms with Crippen molar-refractivity contribution in [2.45, 2.75) is 32.9 Å². The second-order valence-corrected chi connectivity index (χ2v) is 4.45. The Morgan fingerprint density at radius 1 is 1.65 bits per heavy atom. The van der Waals surface area contributed by atoms with Gasteiger partial charge in [-0.3, -0.25) is 4.79 Å². The lowest BCUT2D eigenvalue weighted by Gasteiger charge is -2.14. The maximum atomic E-state index is 11.9. The molecule has 0 bridgehead atoms. The minimum absolute atomic E-state index is 0.0814. The summed E-state index contributed by atoms with van der Waals surface area (Å²) in [4.78, 5) is 20.2. The van der Waals surface area contributed by atoms with Gasteiger partial charge in [-0.15, -0.1) is 0 Å². The summed E-state index contributed by atoms with van der Waals surface area (Å²) in [5, 5.41) is 6.20. The van der Waals surface area contributed by atoms with Gasteiger partial charge in [0, 0.05) is 12.2 Å². The highest BCUT2D eigenvalue weighted by molar-refractivity contribution is 5.79. The van der Waals surface area contributed by atoms with E-state index in [1.165, 1.54) is 0 Å². The predicted octanol–water partition coefficient (Wildman–Crippen LogP) is 0.399. The van der Waals surface area contributed by atoms with E-state index in [4.69, 9.17) is 0 Å².